The lowest BCUT2D eigenvalue weighted by Gasteiger charge is -2.05. The third-order valence-electron chi connectivity index (χ3n) is 2.72. The molecule has 1 aliphatic heterocycles. The fourth-order valence-corrected chi connectivity index (χ4v) is 1.82. The van der Waals surface area contributed by atoms with Gasteiger partial charge in [0.15, 0.2) is 0 Å². The molecule has 2 rings (SSSR count). The average Bonchev–Trinajstić information content (AvgIpc) is 2.48. The second kappa shape index (κ2) is 12.1. The summed E-state index contributed by atoms with van der Waals surface area (Å²) in [6, 6.07) is 0. The fraction of sp³-hybridized carbons (Fsp3) is 0.571. The first kappa shape index (κ1) is 15.0. The second-order valence-electron chi connectivity index (χ2n) is 4.10. The first-order chi connectivity index (χ1) is 7.50. The van der Waals surface area contributed by atoms with Gasteiger partial charge in [-0.05, 0) is 12.2 Å². The number of allylic oxidation sites excluding steroid dienone is 4. The summed E-state index contributed by atoms with van der Waals surface area (Å²) < 4.78 is 0. The van der Waals surface area contributed by atoms with Crippen molar-refractivity contribution in [3.05, 3.63) is 36.7 Å². The maximum Gasteiger partial charge on any atom is 0.000442 e. The Morgan fingerprint density at radius 3 is 1.12 bits per heavy atom. The Hall–Kier alpha value is -1.02. The minimum Gasteiger partial charge on any atom is -0.412 e. The van der Waals surface area contributed by atoms with Crippen molar-refractivity contribution in [2.45, 2.75) is 51.4 Å². The van der Waals surface area contributed by atoms with Crippen LogP contribution in [0.5, 0.6) is 0 Å². The molecular weight excluding hydrogens is 198 g/mol. The minimum absolute atomic E-state index is 0. The molecule has 1 aliphatic carbocycles. The molecule has 0 aromatic carbocycles. The molecule has 1 saturated carbocycles. The quantitative estimate of drug-likeness (QED) is 0.671. The molecule has 0 spiro atoms. The average molecular weight is 223 g/mol. The third kappa shape index (κ3) is 9.53. The number of nitrogens with one attached hydrogen (secondary N) is 1. The van der Waals surface area contributed by atoms with Crippen molar-refractivity contribution in [1.29, 1.82) is 0 Å². The lowest BCUT2D eigenvalue weighted by Crippen LogP contribution is -1.87. The second-order valence-corrected chi connectivity index (χ2v) is 4.10. The minimum atomic E-state index is 0. The van der Waals surface area contributed by atoms with Gasteiger partial charge in [0.1, 0.15) is 0 Å². The Labute approximate surface area is 99.4 Å². The summed E-state index contributed by atoms with van der Waals surface area (Å²) in [4.78, 5) is 0. The highest BCUT2D eigenvalue weighted by Gasteiger charge is 1.95. The van der Waals surface area contributed by atoms with E-state index in [1.165, 1.54) is 51.4 Å². The van der Waals surface area contributed by atoms with Crippen LogP contribution in [0.25, 0.3) is 0 Å². The highest BCUT2D eigenvalue weighted by molar-refractivity contribution is 5.14. The molecule has 2 aliphatic rings. The maximum atomic E-state index is 2.92. The van der Waals surface area contributed by atoms with Crippen LogP contribution in [0.1, 0.15) is 51.4 Å². The Balaban J connectivity index is 0.000000267. The van der Waals surface area contributed by atoms with E-state index in [0.29, 0.717) is 0 Å². The van der Waals surface area contributed by atoms with Crippen LogP contribution in [0.2, 0.25) is 0 Å². The molecule has 1 heterocycles. The topological polar surface area (TPSA) is 43.5 Å². The first-order valence-electron chi connectivity index (χ1n) is 6.24. The molecule has 0 atom stereocenters. The van der Waals surface area contributed by atoms with E-state index < -0.39 is 0 Å². The van der Waals surface area contributed by atoms with E-state index in [9.17, 15) is 0 Å². The van der Waals surface area contributed by atoms with Gasteiger partial charge in [0, 0.05) is 12.4 Å². The van der Waals surface area contributed by atoms with Crippen LogP contribution in [-0.2, 0) is 0 Å². The molecule has 1 fully saturated rings. The van der Waals surface area contributed by atoms with Crippen molar-refractivity contribution < 1.29 is 5.48 Å². The van der Waals surface area contributed by atoms with Crippen molar-refractivity contribution in [1.82, 2.24) is 5.32 Å². The largest absolute Gasteiger partial charge is 0.412 e. The van der Waals surface area contributed by atoms with Gasteiger partial charge in [-0.2, -0.15) is 0 Å². The monoisotopic (exact) mass is 223 g/mol. The molecule has 0 amide bonds. The molecule has 0 unspecified atom stereocenters. The Kier molecular flexibility index (Phi) is 11.3. The number of hydrogen-bond donors (Lipinski definition) is 1. The number of rotatable bonds is 0. The summed E-state index contributed by atoms with van der Waals surface area (Å²) in [7, 11) is 0. The lowest BCUT2D eigenvalue weighted by atomic mass is 10.0. The highest BCUT2D eigenvalue weighted by Crippen LogP contribution is 2.15. The van der Waals surface area contributed by atoms with Gasteiger partial charge in [0.25, 0.3) is 0 Å². The van der Waals surface area contributed by atoms with Crippen LogP contribution in [0, 0.1) is 0 Å². The van der Waals surface area contributed by atoms with Gasteiger partial charge in [-0.3, -0.25) is 0 Å². The maximum absolute atomic E-state index is 2.92. The van der Waals surface area contributed by atoms with E-state index >= 15 is 0 Å². The van der Waals surface area contributed by atoms with E-state index in [1.807, 2.05) is 36.7 Å². The lowest BCUT2D eigenvalue weighted by molar-refractivity contribution is 0.504. The van der Waals surface area contributed by atoms with Crippen LogP contribution in [0.4, 0.5) is 0 Å². The molecule has 0 bridgehead atoms. The van der Waals surface area contributed by atoms with Crippen molar-refractivity contribution in [3.63, 3.8) is 0 Å². The standard InChI is InChI=1S/C8H16.C6H7N.H2O/c1-2-4-6-8-7-5-3-1;1-2-4-6-7-5-3-1;/h1-8H2;1-7H;1H2. The first-order valence-corrected chi connectivity index (χ1v) is 6.24. The molecule has 3 N–H and O–H groups in total. The summed E-state index contributed by atoms with van der Waals surface area (Å²) in [5.74, 6) is 0. The molecule has 16 heavy (non-hydrogen) atoms. The Bertz CT molecular complexity index is 181. The predicted octanol–water partition coefficient (Wildman–Crippen LogP) is 3.47. The van der Waals surface area contributed by atoms with Crippen LogP contribution in [-0.4, -0.2) is 5.48 Å². The Morgan fingerprint density at radius 1 is 0.500 bits per heavy atom. The van der Waals surface area contributed by atoms with Crippen LogP contribution in [0.15, 0.2) is 36.7 Å². The van der Waals surface area contributed by atoms with E-state index in [1.54, 1.807) is 0 Å². The van der Waals surface area contributed by atoms with Crippen LogP contribution in [0.3, 0.4) is 0 Å². The molecular formula is C14H25NO. The molecule has 0 saturated heterocycles. The van der Waals surface area contributed by atoms with Gasteiger partial charge in [0.05, 0.1) is 0 Å². The summed E-state index contributed by atoms with van der Waals surface area (Å²) in [6.45, 7) is 0. The summed E-state index contributed by atoms with van der Waals surface area (Å²) in [5, 5.41) is 2.92. The van der Waals surface area contributed by atoms with Gasteiger partial charge in [-0.15, -0.1) is 0 Å². The van der Waals surface area contributed by atoms with Crippen molar-refractivity contribution in [2.24, 2.45) is 0 Å². The van der Waals surface area contributed by atoms with Crippen molar-refractivity contribution in [3.8, 4) is 0 Å². The zero-order chi connectivity index (χ0) is 10.6. The van der Waals surface area contributed by atoms with Gasteiger partial charge >= 0.3 is 0 Å². The van der Waals surface area contributed by atoms with E-state index in [4.69, 9.17) is 0 Å². The van der Waals surface area contributed by atoms with Crippen LogP contribution >= 0.6 is 0 Å². The summed E-state index contributed by atoms with van der Waals surface area (Å²) in [6.07, 6.45) is 23.6. The normalized spacial score (nSPS) is 19.0. The zero-order valence-corrected chi connectivity index (χ0v) is 10.1. The third-order valence-corrected chi connectivity index (χ3v) is 2.72. The smallest absolute Gasteiger partial charge is 0.000442 e. The SMILES string of the molecule is C1=CC=CNC=C1.C1CCCCCCC1.O. The van der Waals surface area contributed by atoms with Crippen LogP contribution < -0.4 is 5.32 Å². The van der Waals surface area contributed by atoms with Gasteiger partial charge in [-0.1, -0.05) is 63.5 Å². The van der Waals surface area contributed by atoms with E-state index in [-0.39, 0.29) is 5.48 Å². The van der Waals surface area contributed by atoms with Gasteiger partial charge < -0.3 is 10.8 Å². The van der Waals surface area contributed by atoms with Gasteiger partial charge in [0.2, 0.25) is 0 Å². The molecule has 0 aromatic heterocycles. The molecule has 0 aromatic rings. The Morgan fingerprint density at radius 2 is 0.812 bits per heavy atom. The zero-order valence-electron chi connectivity index (χ0n) is 10.1. The predicted molar refractivity (Wildman–Crippen MR) is 71.1 cm³/mol. The molecule has 92 valence electrons. The van der Waals surface area contributed by atoms with Gasteiger partial charge in [-0.25, -0.2) is 0 Å². The highest BCUT2D eigenvalue weighted by atomic mass is 16.0. The van der Waals surface area contributed by atoms with E-state index in [0.717, 1.165) is 0 Å². The van der Waals surface area contributed by atoms with Crippen molar-refractivity contribution >= 4 is 0 Å². The van der Waals surface area contributed by atoms with E-state index in [2.05, 4.69) is 5.32 Å². The molecule has 0 radical (unpaired) electrons. The number of hydrogen-bond acceptors (Lipinski definition) is 1. The molecule has 2 heteroatoms. The molecule has 2 nitrogen and oxygen atoms in total. The van der Waals surface area contributed by atoms with Crippen molar-refractivity contribution in [2.75, 3.05) is 0 Å². The fourth-order valence-electron chi connectivity index (χ4n) is 1.82. The summed E-state index contributed by atoms with van der Waals surface area (Å²) in [5.41, 5.74) is 0. The summed E-state index contributed by atoms with van der Waals surface area (Å²) >= 11 is 0.